The van der Waals surface area contributed by atoms with E-state index in [0.717, 1.165) is 0 Å². The van der Waals surface area contributed by atoms with Crippen LogP contribution in [0.2, 0.25) is 0 Å². The number of benzene rings is 1. The minimum Gasteiger partial charge on any atom is -0.241 e. The zero-order valence-corrected chi connectivity index (χ0v) is 11.9. The molecule has 0 fully saturated rings. The van der Waals surface area contributed by atoms with E-state index >= 15 is 0 Å². The van der Waals surface area contributed by atoms with Gasteiger partial charge in [0.05, 0.1) is 5.69 Å². The van der Waals surface area contributed by atoms with Gasteiger partial charge in [-0.2, -0.15) is 5.10 Å². The Morgan fingerprint density at radius 3 is 2.39 bits per heavy atom. The molecule has 0 aliphatic carbocycles. The van der Waals surface area contributed by atoms with Gasteiger partial charge in [0.2, 0.25) is 0 Å². The second-order valence-corrected chi connectivity index (χ2v) is 6.13. The number of hydrogen-bond donors (Lipinski definition) is 0. The molecule has 2 nitrogen and oxygen atoms in total. The van der Waals surface area contributed by atoms with E-state index in [1.807, 2.05) is 23.1 Å². The number of nitrogens with zero attached hydrogens (tertiary/aromatic N) is 2. The summed E-state index contributed by atoms with van der Waals surface area (Å²) in [4.78, 5) is 0. The summed E-state index contributed by atoms with van der Waals surface area (Å²) in [6, 6.07) is 8.71. The lowest BCUT2D eigenvalue weighted by molar-refractivity contribution is 0.588. The van der Waals surface area contributed by atoms with E-state index < -0.39 is 0 Å². The van der Waals surface area contributed by atoms with Crippen molar-refractivity contribution in [3.05, 3.63) is 47.8 Å². The average molecular weight is 242 g/mol. The van der Waals surface area contributed by atoms with Crippen molar-refractivity contribution in [2.45, 2.75) is 46.0 Å². The van der Waals surface area contributed by atoms with Crippen LogP contribution in [0.3, 0.4) is 0 Å². The van der Waals surface area contributed by atoms with Crippen LogP contribution >= 0.6 is 0 Å². The molecule has 0 aliphatic heterocycles. The van der Waals surface area contributed by atoms with Gasteiger partial charge in [0.15, 0.2) is 0 Å². The maximum Gasteiger partial charge on any atom is 0.0683 e. The van der Waals surface area contributed by atoms with E-state index in [1.54, 1.807) is 0 Å². The minimum absolute atomic E-state index is 0.164. The molecule has 0 spiro atoms. The van der Waals surface area contributed by atoms with Crippen LogP contribution in [0.1, 0.15) is 51.7 Å². The number of hydrogen-bond acceptors (Lipinski definition) is 1. The second-order valence-electron chi connectivity index (χ2n) is 6.13. The van der Waals surface area contributed by atoms with Crippen LogP contribution in [0.15, 0.2) is 36.7 Å². The van der Waals surface area contributed by atoms with Gasteiger partial charge < -0.3 is 0 Å². The molecule has 2 aromatic rings. The zero-order chi connectivity index (χ0) is 13.3. The molecule has 2 heteroatoms. The second kappa shape index (κ2) is 4.60. The highest BCUT2D eigenvalue weighted by molar-refractivity contribution is 5.46. The van der Waals surface area contributed by atoms with Gasteiger partial charge in [0.1, 0.15) is 0 Å². The summed E-state index contributed by atoms with van der Waals surface area (Å²) < 4.78 is 1.96. The van der Waals surface area contributed by atoms with Crippen LogP contribution in [0.25, 0.3) is 5.69 Å². The first-order valence-corrected chi connectivity index (χ1v) is 6.54. The Labute approximate surface area is 110 Å². The summed E-state index contributed by atoms with van der Waals surface area (Å²) >= 11 is 0. The molecule has 1 aromatic carbocycles. The fourth-order valence-electron chi connectivity index (χ4n) is 2.11. The normalized spacial score (nSPS) is 12.1. The molecule has 0 bridgehead atoms. The molecule has 0 aliphatic rings. The molecule has 0 atom stereocenters. The van der Waals surface area contributed by atoms with Gasteiger partial charge in [-0.15, -0.1) is 0 Å². The summed E-state index contributed by atoms with van der Waals surface area (Å²) in [6.45, 7) is 11.2. The highest BCUT2D eigenvalue weighted by Crippen LogP contribution is 2.29. The van der Waals surface area contributed by atoms with Gasteiger partial charge in [0.25, 0.3) is 0 Å². The highest BCUT2D eigenvalue weighted by Gasteiger charge is 2.17. The van der Waals surface area contributed by atoms with E-state index in [2.05, 4.69) is 57.9 Å². The van der Waals surface area contributed by atoms with Crippen molar-refractivity contribution in [1.82, 2.24) is 9.78 Å². The topological polar surface area (TPSA) is 17.8 Å². The smallest absolute Gasteiger partial charge is 0.0683 e. The molecule has 0 radical (unpaired) electrons. The van der Waals surface area contributed by atoms with Gasteiger partial charge in [0, 0.05) is 12.4 Å². The third kappa shape index (κ3) is 2.47. The van der Waals surface area contributed by atoms with Crippen molar-refractivity contribution in [3.8, 4) is 5.69 Å². The fraction of sp³-hybridized carbons (Fsp3) is 0.438. The molecule has 0 saturated carbocycles. The standard InChI is InChI=1S/C16H22N2/c1-12(2)14-8-7-13(16(3,4)5)11-15(14)18-10-6-9-17-18/h6-12H,1-5H3. The third-order valence-electron chi connectivity index (χ3n) is 3.27. The Balaban J connectivity index is 2.59. The summed E-state index contributed by atoms with van der Waals surface area (Å²) in [6.07, 6.45) is 3.83. The quantitative estimate of drug-likeness (QED) is 0.768. The summed E-state index contributed by atoms with van der Waals surface area (Å²) in [7, 11) is 0. The number of rotatable bonds is 2. The van der Waals surface area contributed by atoms with Crippen LogP contribution in [0.5, 0.6) is 0 Å². The molecular formula is C16H22N2. The molecule has 0 unspecified atom stereocenters. The minimum atomic E-state index is 0.164. The Morgan fingerprint density at radius 2 is 1.89 bits per heavy atom. The van der Waals surface area contributed by atoms with Gasteiger partial charge in [-0.05, 0) is 34.6 Å². The zero-order valence-electron chi connectivity index (χ0n) is 11.9. The lowest BCUT2D eigenvalue weighted by Crippen LogP contribution is -2.13. The number of aromatic nitrogens is 2. The van der Waals surface area contributed by atoms with E-state index in [9.17, 15) is 0 Å². The van der Waals surface area contributed by atoms with E-state index in [1.165, 1.54) is 16.8 Å². The van der Waals surface area contributed by atoms with Crippen LogP contribution < -0.4 is 0 Å². The molecule has 1 heterocycles. The SMILES string of the molecule is CC(C)c1ccc(C(C)(C)C)cc1-n1cccn1. The predicted molar refractivity (Wildman–Crippen MR) is 76.4 cm³/mol. The molecule has 0 N–H and O–H groups in total. The van der Waals surface area contributed by atoms with Gasteiger partial charge in [-0.25, -0.2) is 4.68 Å². The Hall–Kier alpha value is -1.57. The Bertz CT molecular complexity index is 517. The van der Waals surface area contributed by atoms with E-state index in [0.29, 0.717) is 5.92 Å². The molecular weight excluding hydrogens is 220 g/mol. The first kappa shape index (κ1) is 12.9. The summed E-state index contributed by atoms with van der Waals surface area (Å²) in [5, 5.41) is 4.37. The lowest BCUT2D eigenvalue weighted by atomic mass is 9.85. The third-order valence-corrected chi connectivity index (χ3v) is 3.27. The van der Waals surface area contributed by atoms with Gasteiger partial charge >= 0.3 is 0 Å². The Morgan fingerprint density at radius 1 is 1.17 bits per heavy atom. The molecule has 2 rings (SSSR count). The van der Waals surface area contributed by atoms with E-state index in [-0.39, 0.29) is 5.41 Å². The monoisotopic (exact) mass is 242 g/mol. The van der Waals surface area contributed by atoms with Crippen molar-refractivity contribution in [1.29, 1.82) is 0 Å². The maximum atomic E-state index is 4.37. The maximum absolute atomic E-state index is 4.37. The average Bonchev–Trinajstić information content (AvgIpc) is 2.80. The van der Waals surface area contributed by atoms with Crippen molar-refractivity contribution >= 4 is 0 Å². The summed E-state index contributed by atoms with van der Waals surface area (Å²) in [5.41, 5.74) is 4.05. The van der Waals surface area contributed by atoms with E-state index in [4.69, 9.17) is 0 Å². The summed E-state index contributed by atoms with van der Waals surface area (Å²) in [5.74, 6) is 0.498. The first-order chi connectivity index (χ1) is 8.39. The van der Waals surface area contributed by atoms with Crippen molar-refractivity contribution in [3.63, 3.8) is 0 Å². The van der Waals surface area contributed by atoms with Crippen LogP contribution in [-0.4, -0.2) is 9.78 Å². The molecule has 96 valence electrons. The van der Waals surface area contributed by atoms with Gasteiger partial charge in [-0.3, -0.25) is 0 Å². The molecule has 0 saturated heterocycles. The molecule has 18 heavy (non-hydrogen) atoms. The molecule has 0 amide bonds. The highest BCUT2D eigenvalue weighted by atomic mass is 15.3. The molecule has 1 aromatic heterocycles. The van der Waals surface area contributed by atoms with Crippen LogP contribution in [0, 0.1) is 0 Å². The Kier molecular flexibility index (Phi) is 3.29. The first-order valence-electron chi connectivity index (χ1n) is 6.54. The lowest BCUT2D eigenvalue weighted by Gasteiger charge is -2.22. The van der Waals surface area contributed by atoms with Crippen LogP contribution in [-0.2, 0) is 5.41 Å². The van der Waals surface area contributed by atoms with Crippen molar-refractivity contribution in [2.24, 2.45) is 0 Å². The van der Waals surface area contributed by atoms with Crippen molar-refractivity contribution in [2.75, 3.05) is 0 Å². The van der Waals surface area contributed by atoms with Gasteiger partial charge in [-0.1, -0.05) is 46.8 Å². The fourth-order valence-corrected chi connectivity index (χ4v) is 2.11. The van der Waals surface area contributed by atoms with Crippen LogP contribution in [0.4, 0.5) is 0 Å². The largest absolute Gasteiger partial charge is 0.241 e. The predicted octanol–water partition coefficient (Wildman–Crippen LogP) is 4.29. The van der Waals surface area contributed by atoms with Crippen molar-refractivity contribution < 1.29 is 0 Å².